The second-order valence-electron chi connectivity index (χ2n) is 8.74. The normalized spacial score (nSPS) is 31.0. The average molecular weight is 514 g/mol. The maximum absolute atomic E-state index is 12.1. The molecule has 1 aliphatic heterocycles. The molecule has 0 aromatic heterocycles. The molecule has 12 heteroatoms. The Morgan fingerprint density at radius 1 is 1.09 bits per heavy atom. The Labute approximate surface area is 200 Å². The molecule has 0 bridgehead atoms. The lowest BCUT2D eigenvalue weighted by Crippen LogP contribution is -2.63. The lowest BCUT2D eigenvalue weighted by molar-refractivity contribution is -0.173. The highest BCUT2D eigenvalue weighted by molar-refractivity contribution is 7.99. The van der Waals surface area contributed by atoms with E-state index < -0.39 is 44.2 Å². The first-order valence-electron chi connectivity index (χ1n) is 11.9. The van der Waals surface area contributed by atoms with Gasteiger partial charge in [0.15, 0.2) is 0 Å². The maximum Gasteiger partial charge on any atom is 0.472 e. The van der Waals surface area contributed by atoms with Crippen LogP contribution in [0.25, 0.3) is 0 Å². The summed E-state index contributed by atoms with van der Waals surface area (Å²) in [5.74, 6) is 0.346. The quantitative estimate of drug-likeness (QED) is 0.140. The Kier molecular flexibility index (Phi) is 13.2. The van der Waals surface area contributed by atoms with E-state index in [1.807, 2.05) is 0 Å². The van der Waals surface area contributed by atoms with Crippen molar-refractivity contribution in [1.82, 2.24) is 5.32 Å². The Balaban J connectivity index is 1.61. The van der Waals surface area contributed by atoms with Gasteiger partial charge in [-0.1, -0.05) is 38.5 Å². The van der Waals surface area contributed by atoms with Crippen LogP contribution in [0.2, 0.25) is 0 Å². The minimum atomic E-state index is -4.02. The summed E-state index contributed by atoms with van der Waals surface area (Å²) in [6.45, 7) is 1.06. The van der Waals surface area contributed by atoms with Gasteiger partial charge in [-0.05, 0) is 31.4 Å². The van der Waals surface area contributed by atoms with Crippen LogP contribution in [-0.4, -0.2) is 81.0 Å². The van der Waals surface area contributed by atoms with E-state index in [0.717, 1.165) is 57.8 Å². The van der Waals surface area contributed by atoms with Crippen molar-refractivity contribution in [2.45, 2.75) is 107 Å². The van der Waals surface area contributed by atoms with Gasteiger partial charge in [-0.25, -0.2) is 4.57 Å². The molecule has 194 valence electrons. The van der Waals surface area contributed by atoms with Gasteiger partial charge in [0.25, 0.3) is 0 Å². The predicted octanol–water partition coefficient (Wildman–Crippen LogP) is 2.08. The lowest BCUT2D eigenvalue weighted by Gasteiger charge is -2.42. The van der Waals surface area contributed by atoms with E-state index in [0.29, 0.717) is 12.2 Å². The molecule has 10 nitrogen and oxygen atoms in total. The molecule has 2 aliphatic rings. The molecule has 6 atom stereocenters. The first-order valence-corrected chi connectivity index (χ1v) is 14.4. The lowest BCUT2D eigenvalue weighted by atomic mass is 9.98. The van der Waals surface area contributed by atoms with Gasteiger partial charge in [-0.15, -0.1) is 11.8 Å². The zero-order valence-corrected chi connectivity index (χ0v) is 21.1. The summed E-state index contributed by atoms with van der Waals surface area (Å²) in [6.07, 6.45) is 5.42. The fourth-order valence-electron chi connectivity index (χ4n) is 4.12. The van der Waals surface area contributed by atoms with Gasteiger partial charge >= 0.3 is 7.82 Å². The van der Waals surface area contributed by atoms with Crippen molar-refractivity contribution < 1.29 is 43.4 Å². The number of unbranched alkanes of at least 4 members (excludes halogenated alkanes) is 3. The van der Waals surface area contributed by atoms with E-state index in [2.05, 4.69) is 5.32 Å². The number of ether oxygens (including phenoxy) is 1. The number of amides is 1. The molecular weight excluding hydrogens is 473 g/mol. The predicted molar refractivity (Wildman–Crippen MR) is 125 cm³/mol. The van der Waals surface area contributed by atoms with Gasteiger partial charge in [0.1, 0.15) is 23.7 Å². The van der Waals surface area contributed by atoms with Crippen molar-refractivity contribution in [3.05, 3.63) is 0 Å². The van der Waals surface area contributed by atoms with Gasteiger partial charge < -0.3 is 30.3 Å². The van der Waals surface area contributed by atoms with Crippen molar-refractivity contribution in [1.29, 1.82) is 0 Å². The third kappa shape index (κ3) is 10.5. The van der Waals surface area contributed by atoms with Crippen LogP contribution in [0, 0.1) is 0 Å². The number of nitrogens with one attached hydrogen (secondary N) is 1. The van der Waals surface area contributed by atoms with Crippen LogP contribution in [-0.2, 0) is 23.1 Å². The molecule has 6 unspecified atom stereocenters. The van der Waals surface area contributed by atoms with Crippen LogP contribution in [0.5, 0.6) is 0 Å². The Morgan fingerprint density at radius 3 is 2.39 bits per heavy atom. The summed E-state index contributed by atoms with van der Waals surface area (Å²) >= 11 is 1.41. The Bertz CT molecular complexity index is 621. The SMILES string of the molecule is CC(=O)NC1C(SCCCCCCOP(=O)(O)OC2CCCCCC2)OC(CO)C(O)C1O. The third-order valence-corrected chi connectivity index (χ3v) is 8.24. The number of thioether (sulfide) groups is 1. The molecule has 0 spiro atoms. The number of phosphoric acid groups is 1. The molecule has 1 saturated heterocycles. The molecule has 1 heterocycles. The number of hydrogen-bond acceptors (Lipinski definition) is 9. The van der Waals surface area contributed by atoms with Gasteiger partial charge in [0.2, 0.25) is 5.91 Å². The maximum atomic E-state index is 12.1. The standard InChI is InChI=1S/C21H40NO9PS/c1-15(24)22-18-20(26)19(25)17(14-23)30-21(18)33-13-9-5-4-8-12-29-32(27,28)31-16-10-6-2-3-7-11-16/h16-21,23,25-26H,2-14H2,1H3,(H,22,24)(H,27,28). The fraction of sp³-hybridized carbons (Fsp3) is 0.952. The van der Waals surface area contributed by atoms with Crippen LogP contribution < -0.4 is 5.32 Å². The summed E-state index contributed by atoms with van der Waals surface area (Å²) in [7, 11) is -4.02. The molecule has 1 saturated carbocycles. The Morgan fingerprint density at radius 2 is 1.76 bits per heavy atom. The number of phosphoric ester groups is 1. The number of hydrogen-bond donors (Lipinski definition) is 5. The van der Waals surface area contributed by atoms with Crippen molar-refractivity contribution in [2.75, 3.05) is 19.0 Å². The molecule has 0 aromatic carbocycles. The minimum absolute atomic E-state index is 0.159. The molecule has 5 N–H and O–H groups in total. The van der Waals surface area contributed by atoms with E-state index in [9.17, 15) is 29.6 Å². The van der Waals surface area contributed by atoms with Crippen LogP contribution in [0.3, 0.4) is 0 Å². The third-order valence-electron chi connectivity index (χ3n) is 5.91. The number of aliphatic hydroxyl groups is 3. The molecule has 2 fully saturated rings. The summed E-state index contributed by atoms with van der Waals surface area (Å²) in [5, 5.41) is 32.3. The molecule has 0 radical (unpaired) electrons. The number of carbonyl (C=O) groups is 1. The molecule has 1 amide bonds. The monoisotopic (exact) mass is 513 g/mol. The van der Waals surface area contributed by atoms with Gasteiger partial charge in [0.05, 0.1) is 25.4 Å². The van der Waals surface area contributed by atoms with Crippen molar-refractivity contribution in [2.24, 2.45) is 0 Å². The average Bonchev–Trinajstić information content (AvgIpc) is 3.02. The van der Waals surface area contributed by atoms with E-state index >= 15 is 0 Å². The topological polar surface area (TPSA) is 155 Å². The van der Waals surface area contributed by atoms with Crippen LogP contribution in [0.4, 0.5) is 0 Å². The minimum Gasteiger partial charge on any atom is -0.394 e. The van der Waals surface area contributed by atoms with E-state index in [1.165, 1.54) is 18.7 Å². The molecular formula is C21H40NO9PS. The fourth-order valence-corrected chi connectivity index (χ4v) is 6.39. The highest BCUT2D eigenvalue weighted by Gasteiger charge is 2.44. The summed E-state index contributed by atoms with van der Waals surface area (Å²) in [4.78, 5) is 21.4. The molecule has 0 aromatic rings. The zero-order chi connectivity index (χ0) is 24.3. The number of aliphatic hydroxyl groups excluding tert-OH is 3. The first-order chi connectivity index (χ1) is 15.7. The smallest absolute Gasteiger partial charge is 0.394 e. The van der Waals surface area contributed by atoms with Crippen molar-refractivity contribution in [3.63, 3.8) is 0 Å². The van der Waals surface area contributed by atoms with E-state index in [-0.39, 0.29) is 18.6 Å². The van der Waals surface area contributed by atoms with E-state index in [1.54, 1.807) is 0 Å². The number of carbonyl (C=O) groups excluding carboxylic acids is 1. The number of rotatable bonds is 13. The highest BCUT2D eigenvalue weighted by Crippen LogP contribution is 2.46. The molecule has 33 heavy (non-hydrogen) atoms. The zero-order valence-electron chi connectivity index (χ0n) is 19.3. The van der Waals surface area contributed by atoms with Crippen LogP contribution in [0.1, 0.15) is 71.1 Å². The molecule has 1 aliphatic carbocycles. The first kappa shape index (κ1) is 29.0. The highest BCUT2D eigenvalue weighted by atomic mass is 32.2. The van der Waals surface area contributed by atoms with Gasteiger partial charge in [0, 0.05) is 6.92 Å². The second kappa shape index (κ2) is 15.0. The van der Waals surface area contributed by atoms with Gasteiger partial charge in [-0.3, -0.25) is 13.8 Å². The largest absolute Gasteiger partial charge is 0.472 e. The van der Waals surface area contributed by atoms with Crippen LogP contribution in [0.15, 0.2) is 0 Å². The van der Waals surface area contributed by atoms with Gasteiger partial charge in [-0.2, -0.15) is 0 Å². The summed E-state index contributed by atoms with van der Waals surface area (Å²) in [5.41, 5.74) is -0.589. The molecule has 2 rings (SSSR count). The van der Waals surface area contributed by atoms with Crippen LogP contribution >= 0.6 is 19.6 Å². The van der Waals surface area contributed by atoms with Crippen molar-refractivity contribution >= 4 is 25.5 Å². The van der Waals surface area contributed by atoms with E-state index in [4.69, 9.17) is 13.8 Å². The summed E-state index contributed by atoms with van der Waals surface area (Å²) < 4.78 is 28.2. The summed E-state index contributed by atoms with van der Waals surface area (Å²) in [6, 6.07) is -0.772. The second-order valence-corrected chi connectivity index (χ2v) is 11.4. The van der Waals surface area contributed by atoms with Crippen molar-refractivity contribution in [3.8, 4) is 0 Å². The Hall–Kier alpha value is -0.230.